The van der Waals surface area contributed by atoms with Crippen molar-refractivity contribution < 1.29 is 4.92 Å². The summed E-state index contributed by atoms with van der Waals surface area (Å²) in [5.74, 6) is 0. The molecule has 0 unspecified atom stereocenters. The van der Waals surface area contributed by atoms with Gasteiger partial charge in [-0.3, -0.25) is 10.1 Å². The minimum atomic E-state index is -0.437. The van der Waals surface area contributed by atoms with Crippen LogP contribution in [0.15, 0.2) is 48.5 Å². The molecule has 0 spiro atoms. The van der Waals surface area contributed by atoms with Crippen molar-refractivity contribution in [1.29, 1.82) is 0 Å². The summed E-state index contributed by atoms with van der Waals surface area (Å²) in [6, 6.07) is 14.3. The Hall–Kier alpha value is -2.47. The van der Waals surface area contributed by atoms with Crippen LogP contribution < -0.4 is 10.6 Å². The van der Waals surface area contributed by atoms with Gasteiger partial charge in [-0.1, -0.05) is 35.9 Å². The first-order valence-corrected chi connectivity index (χ1v) is 6.80. The van der Waals surface area contributed by atoms with Crippen LogP contribution in [0.4, 0.5) is 11.4 Å². The van der Waals surface area contributed by atoms with Crippen molar-refractivity contribution in [3.63, 3.8) is 0 Å². The number of thiocarbonyl (C=S) groups is 1. The fourth-order valence-electron chi connectivity index (χ4n) is 1.76. The normalized spacial score (nSPS) is 9.95. The summed E-state index contributed by atoms with van der Waals surface area (Å²) in [5.41, 5.74) is 2.94. The fraction of sp³-hybridized carbons (Fsp3) is 0.133. The number of nitro groups is 1. The van der Waals surface area contributed by atoms with E-state index in [1.807, 2.05) is 31.2 Å². The minimum Gasteiger partial charge on any atom is -0.358 e. The molecule has 2 N–H and O–H groups in total. The molecule has 2 aromatic rings. The van der Waals surface area contributed by atoms with Crippen molar-refractivity contribution in [2.45, 2.75) is 13.5 Å². The van der Waals surface area contributed by atoms with Gasteiger partial charge in [-0.2, -0.15) is 0 Å². The topological polar surface area (TPSA) is 67.2 Å². The smallest absolute Gasteiger partial charge is 0.271 e. The van der Waals surface area contributed by atoms with Gasteiger partial charge in [0, 0.05) is 24.4 Å². The Morgan fingerprint density at radius 3 is 2.62 bits per heavy atom. The maximum absolute atomic E-state index is 10.7. The second-order valence-corrected chi connectivity index (χ2v) is 5.01. The molecule has 6 heteroatoms. The predicted molar refractivity (Wildman–Crippen MR) is 87.3 cm³/mol. The van der Waals surface area contributed by atoms with E-state index in [1.165, 1.54) is 17.7 Å². The van der Waals surface area contributed by atoms with E-state index >= 15 is 0 Å². The van der Waals surface area contributed by atoms with Gasteiger partial charge in [-0.05, 0) is 30.8 Å². The molecule has 0 atom stereocenters. The van der Waals surface area contributed by atoms with Crippen LogP contribution in [0, 0.1) is 17.0 Å². The van der Waals surface area contributed by atoms with Crippen LogP contribution in [0.25, 0.3) is 0 Å². The van der Waals surface area contributed by atoms with E-state index in [0.29, 0.717) is 17.3 Å². The van der Waals surface area contributed by atoms with E-state index in [9.17, 15) is 10.1 Å². The van der Waals surface area contributed by atoms with Crippen LogP contribution in [0.3, 0.4) is 0 Å². The molecule has 5 nitrogen and oxygen atoms in total. The number of benzene rings is 2. The summed E-state index contributed by atoms with van der Waals surface area (Å²) >= 11 is 5.18. The summed E-state index contributed by atoms with van der Waals surface area (Å²) in [4.78, 5) is 10.3. The monoisotopic (exact) mass is 301 g/mol. The summed E-state index contributed by atoms with van der Waals surface area (Å²) in [7, 11) is 0. The van der Waals surface area contributed by atoms with E-state index in [2.05, 4.69) is 10.6 Å². The molecular weight excluding hydrogens is 286 g/mol. The highest BCUT2D eigenvalue weighted by Gasteiger charge is 2.06. The zero-order chi connectivity index (χ0) is 15.2. The molecule has 0 saturated heterocycles. The van der Waals surface area contributed by atoms with E-state index < -0.39 is 4.92 Å². The lowest BCUT2D eigenvalue weighted by atomic mass is 10.1. The zero-order valence-electron chi connectivity index (χ0n) is 11.5. The van der Waals surface area contributed by atoms with E-state index in [1.54, 1.807) is 12.1 Å². The lowest BCUT2D eigenvalue weighted by Gasteiger charge is -2.10. The number of nitrogens with one attached hydrogen (secondary N) is 2. The van der Waals surface area contributed by atoms with Crippen molar-refractivity contribution in [3.05, 3.63) is 69.8 Å². The average molecular weight is 301 g/mol. The first kappa shape index (κ1) is 14.9. The summed E-state index contributed by atoms with van der Waals surface area (Å²) in [6.07, 6.45) is 0. The predicted octanol–water partition coefficient (Wildman–Crippen LogP) is 3.39. The van der Waals surface area contributed by atoms with Gasteiger partial charge in [0.05, 0.1) is 4.92 Å². The van der Waals surface area contributed by atoms with Gasteiger partial charge in [-0.15, -0.1) is 0 Å². The van der Waals surface area contributed by atoms with E-state index in [-0.39, 0.29) is 5.69 Å². The van der Waals surface area contributed by atoms with Crippen molar-refractivity contribution in [2.75, 3.05) is 5.32 Å². The molecule has 2 aromatic carbocycles. The highest BCUT2D eigenvalue weighted by molar-refractivity contribution is 7.80. The molecule has 0 aromatic heterocycles. The Morgan fingerprint density at radius 1 is 1.24 bits per heavy atom. The minimum absolute atomic E-state index is 0.0290. The Bertz CT molecular complexity index is 656. The number of hydrogen-bond acceptors (Lipinski definition) is 3. The highest BCUT2D eigenvalue weighted by atomic mass is 32.1. The zero-order valence-corrected chi connectivity index (χ0v) is 12.3. The third-order valence-corrected chi connectivity index (χ3v) is 3.13. The molecule has 0 fully saturated rings. The highest BCUT2D eigenvalue weighted by Crippen LogP contribution is 2.16. The van der Waals surface area contributed by atoms with Crippen molar-refractivity contribution >= 4 is 28.7 Å². The lowest BCUT2D eigenvalue weighted by molar-refractivity contribution is -0.384. The van der Waals surface area contributed by atoms with E-state index in [0.717, 1.165) is 5.56 Å². The van der Waals surface area contributed by atoms with Crippen molar-refractivity contribution in [3.8, 4) is 0 Å². The Morgan fingerprint density at radius 2 is 1.95 bits per heavy atom. The quantitative estimate of drug-likeness (QED) is 0.515. The summed E-state index contributed by atoms with van der Waals surface area (Å²) < 4.78 is 0. The molecule has 0 aliphatic heterocycles. The standard InChI is InChI=1S/C15H15N3O2S/c1-11-5-7-12(8-6-11)10-16-15(21)17-13-3-2-4-14(9-13)18(19)20/h2-9H,10H2,1H3,(H2,16,17,21). The summed E-state index contributed by atoms with van der Waals surface area (Å²) in [6.45, 7) is 2.63. The number of non-ortho nitro benzene ring substituents is 1. The molecule has 108 valence electrons. The molecule has 2 rings (SSSR count). The summed E-state index contributed by atoms with van der Waals surface area (Å²) in [5, 5.41) is 17.1. The number of rotatable bonds is 4. The van der Waals surface area contributed by atoms with Crippen LogP contribution in [0.2, 0.25) is 0 Å². The first-order chi connectivity index (χ1) is 10.0. The number of aryl methyl sites for hydroxylation is 1. The van der Waals surface area contributed by atoms with Crippen LogP contribution >= 0.6 is 12.2 Å². The van der Waals surface area contributed by atoms with Gasteiger partial charge in [0.1, 0.15) is 0 Å². The largest absolute Gasteiger partial charge is 0.358 e. The molecule has 21 heavy (non-hydrogen) atoms. The first-order valence-electron chi connectivity index (χ1n) is 6.39. The van der Waals surface area contributed by atoms with Gasteiger partial charge in [0.25, 0.3) is 5.69 Å². The molecule has 0 aliphatic rings. The molecule has 0 amide bonds. The van der Waals surface area contributed by atoms with Crippen molar-refractivity contribution in [1.82, 2.24) is 5.32 Å². The number of anilines is 1. The maximum atomic E-state index is 10.7. The Labute approximate surface area is 128 Å². The lowest BCUT2D eigenvalue weighted by Crippen LogP contribution is -2.27. The molecule has 0 saturated carbocycles. The molecule has 0 radical (unpaired) electrons. The number of nitrogens with zero attached hydrogens (tertiary/aromatic N) is 1. The van der Waals surface area contributed by atoms with Gasteiger partial charge in [-0.25, -0.2) is 0 Å². The van der Waals surface area contributed by atoms with Crippen LogP contribution in [-0.2, 0) is 6.54 Å². The molecular formula is C15H15N3O2S. The molecule has 0 bridgehead atoms. The molecule has 0 aliphatic carbocycles. The third-order valence-electron chi connectivity index (χ3n) is 2.89. The fourth-order valence-corrected chi connectivity index (χ4v) is 1.95. The van der Waals surface area contributed by atoms with Crippen molar-refractivity contribution in [2.24, 2.45) is 0 Å². The SMILES string of the molecule is Cc1ccc(CNC(=S)Nc2cccc([N+](=O)[O-])c2)cc1. The van der Waals surface area contributed by atoms with E-state index in [4.69, 9.17) is 12.2 Å². The number of nitro benzene ring substituents is 1. The third kappa shape index (κ3) is 4.54. The van der Waals surface area contributed by atoms with Gasteiger partial charge in [0.2, 0.25) is 0 Å². The van der Waals surface area contributed by atoms with Crippen LogP contribution in [0.5, 0.6) is 0 Å². The Kier molecular flexibility index (Phi) is 4.84. The average Bonchev–Trinajstić information content (AvgIpc) is 2.47. The second kappa shape index (κ2) is 6.81. The van der Waals surface area contributed by atoms with Gasteiger partial charge >= 0.3 is 0 Å². The van der Waals surface area contributed by atoms with Gasteiger partial charge in [0.15, 0.2) is 5.11 Å². The Balaban J connectivity index is 1.91. The van der Waals surface area contributed by atoms with Crippen LogP contribution in [0.1, 0.15) is 11.1 Å². The number of hydrogen-bond donors (Lipinski definition) is 2. The molecule has 0 heterocycles. The maximum Gasteiger partial charge on any atom is 0.271 e. The second-order valence-electron chi connectivity index (χ2n) is 4.60. The van der Waals surface area contributed by atoms with Gasteiger partial charge < -0.3 is 10.6 Å². The van der Waals surface area contributed by atoms with Crippen LogP contribution in [-0.4, -0.2) is 10.0 Å².